The lowest BCUT2D eigenvalue weighted by Gasteiger charge is -2.12. The van der Waals surface area contributed by atoms with Gasteiger partial charge in [-0.3, -0.25) is 9.59 Å². The molecule has 4 aromatic carbocycles. The second-order valence-corrected chi connectivity index (χ2v) is 7.86. The lowest BCUT2D eigenvalue weighted by atomic mass is 10.0. The Morgan fingerprint density at radius 1 is 0.697 bits per heavy atom. The smallest absolute Gasteiger partial charge is 0.259 e. The first-order valence-electron chi connectivity index (χ1n) is 11.1. The van der Waals surface area contributed by atoms with Crippen LogP contribution >= 0.6 is 0 Å². The summed E-state index contributed by atoms with van der Waals surface area (Å²) in [5.41, 5.74) is 4.20. The topological polar surface area (TPSA) is 78.4 Å². The first-order chi connectivity index (χ1) is 16.0. The minimum absolute atomic E-state index is 0.108. The number of hydrogen-bond acceptors (Lipinski definition) is 3. The van der Waals surface area contributed by atoms with Gasteiger partial charge in [0.15, 0.2) is 0 Å². The van der Waals surface area contributed by atoms with Gasteiger partial charge in [-0.15, -0.1) is 0 Å². The normalized spacial score (nSPS) is 10.7. The number of amides is 2. The number of phenolic OH excluding ortho intramolecular Hbond substituents is 1. The highest BCUT2D eigenvalue weighted by Crippen LogP contribution is 2.28. The van der Waals surface area contributed by atoms with Crippen LogP contribution in [0.2, 0.25) is 0 Å². The molecule has 0 spiro atoms. The average molecular weight is 439 g/mol. The summed E-state index contributed by atoms with van der Waals surface area (Å²) in [7, 11) is 0. The largest absolute Gasteiger partial charge is 0.507 e. The lowest BCUT2D eigenvalue weighted by Crippen LogP contribution is -2.14. The average Bonchev–Trinajstić information content (AvgIpc) is 2.83. The van der Waals surface area contributed by atoms with Crippen molar-refractivity contribution in [2.24, 2.45) is 0 Å². The molecule has 0 saturated carbocycles. The fourth-order valence-electron chi connectivity index (χ4n) is 3.89. The van der Waals surface area contributed by atoms with Crippen molar-refractivity contribution < 1.29 is 14.7 Å². The SMILES string of the molecule is CCc1ccccc1NC(=O)c1ccc2cc(O)c(C(=O)Nc3ccccc3CC)cc2c1. The number of phenols is 1. The van der Waals surface area contributed by atoms with Gasteiger partial charge in [-0.05, 0) is 71.1 Å². The standard InChI is InChI=1S/C28H26N2O3/c1-3-18-9-5-7-11-24(18)29-27(32)21-14-13-20-17-26(31)23(16-22(20)15-21)28(33)30-25-12-8-6-10-19(25)4-2/h5-17,31H,3-4H2,1-2H3,(H,29,32)(H,30,33). The summed E-state index contributed by atoms with van der Waals surface area (Å²) in [6.07, 6.45) is 1.59. The van der Waals surface area contributed by atoms with Crippen LogP contribution < -0.4 is 10.6 Å². The summed E-state index contributed by atoms with van der Waals surface area (Å²) < 4.78 is 0. The molecule has 0 unspecified atom stereocenters. The second-order valence-electron chi connectivity index (χ2n) is 7.86. The fourth-order valence-corrected chi connectivity index (χ4v) is 3.89. The molecule has 5 heteroatoms. The Bertz CT molecular complexity index is 1340. The molecule has 4 aromatic rings. The Morgan fingerprint density at radius 3 is 1.88 bits per heavy atom. The third kappa shape index (κ3) is 4.72. The Balaban J connectivity index is 1.63. The van der Waals surface area contributed by atoms with Gasteiger partial charge in [0.2, 0.25) is 0 Å². The molecule has 0 aliphatic carbocycles. The van der Waals surface area contributed by atoms with E-state index in [1.165, 1.54) is 0 Å². The van der Waals surface area contributed by atoms with E-state index in [4.69, 9.17) is 0 Å². The molecule has 0 aromatic heterocycles. The van der Waals surface area contributed by atoms with E-state index in [0.717, 1.165) is 35.0 Å². The van der Waals surface area contributed by atoms with Crippen molar-refractivity contribution in [2.45, 2.75) is 26.7 Å². The predicted molar refractivity (Wildman–Crippen MR) is 133 cm³/mol. The van der Waals surface area contributed by atoms with Gasteiger partial charge in [-0.1, -0.05) is 56.3 Å². The van der Waals surface area contributed by atoms with Gasteiger partial charge in [0.25, 0.3) is 11.8 Å². The van der Waals surface area contributed by atoms with Crippen molar-refractivity contribution in [1.29, 1.82) is 0 Å². The van der Waals surface area contributed by atoms with Crippen molar-refractivity contribution in [3.05, 3.63) is 101 Å². The maximum Gasteiger partial charge on any atom is 0.259 e. The van der Waals surface area contributed by atoms with Crippen molar-refractivity contribution in [3.63, 3.8) is 0 Å². The molecule has 0 fully saturated rings. The molecule has 2 amide bonds. The van der Waals surface area contributed by atoms with E-state index in [-0.39, 0.29) is 17.2 Å². The molecule has 0 aliphatic rings. The van der Waals surface area contributed by atoms with Crippen LogP contribution in [0.5, 0.6) is 5.75 Å². The van der Waals surface area contributed by atoms with E-state index in [0.29, 0.717) is 16.6 Å². The predicted octanol–water partition coefficient (Wildman–Crippen LogP) is 6.17. The number of aryl methyl sites for hydroxylation is 2. The van der Waals surface area contributed by atoms with Gasteiger partial charge in [0.1, 0.15) is 5.75 Å². The van der Waals surface area contributed by atoms with E-state index in [9.17, 15) is 14.7 Å². The zero-order chi connectivity index (χ0) is 23.4. The van der Waals surface area contributed by atoms with Crippen LogP contribution in [-0.2, 0) is 12.8 Å². The number of benzene rings is 4. The van der Waals surface area contributed by atoms with Gasteiger partial charge >= 0.3 is 0 Å². The van der Waals surface area contributed by atoms with E-state index in [1.54, 1.807) is 30.3 Å². The van der Waals surface area contributed by atoms with Crippen LogP contribution in [0.15, 0.2) is 78.9 Å². The first kappa shape index (κ1) is 22.1. The van der Waals surface area contributed by atoms with Gasteiger partial charge in [0, 0.05) is 16.9 Å². The second kappa shape index (κ2) is 9.57. The Kier molecular flexibility index (Phi) is 6.41. The summed E-state index contributed by atoms with van der Waals surface area (Å²) in [4.78, 5) is 25.8. The number of carbonyl (C=O) groups is 2. The molecule has 0 radical (unpaired) electrons. The number of rotatable bonds is 6. The fraction of sp³-hybridized carbons (Fsp3) is 0.143. The molecular weight excluding hydrogens is 412 g/mol. The van der Waals surface area contributed by atoms with Crippen molar-refractivity contribution in [3.8, 4) is 5.75 Å². The zero-order valence-electron chi connectivity index (χ0n) is 18.7. The van der Waals surface area contributed by atoms with E-state index in [2.05, 4.69) is 10.6 Å². The lowest BCUT2D eigenvalue weighted by molar-refractivity contribution is 0.101. The maximum absolute atomic E-state index is 12.9. The molecule has 5 nitrogen and oxygen atoms in total. The molecule has 0 heterocycles. The van der Waals surface area contributed by atoms with Crippen molar-refractivity contribution in [1.82, 2.24) is 0 Å². The quantitative estimate of drug-likeness (QED) is 0.337. The highest BCUT2D eigenvalue weighted by molar-refractivity contribution is 6.10. The number of fused-ring (bicyclic) bond motifs is 1. The highest BCUT2D eigenvalue weighted by Gasteiger charge is 2.16. The number of hydrogen-bond donors (Lipinski definition) is 3. The molecule has 0 aliphatic heterocycles. The van der Waals surface area contributed by atoms with Crippen molar-refractivity contribution >= 4 is 34.0 Å². The van der Waals surface area contributed by atoms with Crippen LogP contribution in [0.3, 0.4) is 0 Å². The molecule has 0 saturated heterocycles. The van der Waals surface area contributed by atoms with E-state index < -0.39 is 5.91 Å². The number of para-hydroxylation sites is 2. The molecule has 33 heavy (non-hydrogen) atoms. The monoisotopic (exact) mass is 438 g/mol. The molecule has 3 N–H and O–H groups in total. The first-order valence-corrected chi connectivity index (χ1v) is 11.1. The summed E-state index contributed by atoms with van der Waals surface area (Å²) in [6.45, 7) is 4.06. The van der Waals surface area contributed by atoms with Crippen LogP contribution in [-0.4, -0.2) is 16.9 Å². The maximum atomic E-state index is 12.9. The van der Waals surface area contributed by atoms with Gasteiger partial charge < -0.3 is 15.7 Å². The third-order valence-electron chi connectivity index (χ3n) is 5.75. The third-order valence-corrected chi connectivity index (χ3v) is 5.75. The molecular formula is C28H26N2O3. The zero-order valence-corrected chi connectivity index (χ0v) is 18.7. The van der Waals surface area contributed by atoms with E-state index in [1.807, 2.05) is 62.4 Å². The molecule has 0 bridgehead atoms. The van der Waals surface area contributed by atoms with Gasteiger partial charge in [0.05, 0.1) is 5.56 Å². The Morgan fingerprint density at radius 2 is 1.27 bits per heavy atom. The number of anilines is 2. The Hall–Kier alpha value is -4.12. The minimum atomic E-state index is -0.401. The summed E-state index contributed by atoms with van der Waals surface area (Å²) in [5, 5.41) is 17.8. The summed E-state index contributed by atoms with van der Waals surface area (Å²) in [6, 6.07) is 23.7. The van der Waals surface area contributed by atoms with Crippen LogP contribution in [0.4, 0.5) is 11.4 Å². The number of nitrogens with one attached hydrogen (secondary N) is 2. The Labute approximate surface area is 193 Å². The number of aromatic hydroxyl groups is 1. The summed E-state index contributed by atoms with van der Waals surface area (Å²) >= 11 is 0. The number of carbonyl (C=O) groups excluding carboxylic acids is 2. The molecule has 166 valence electrons. The summed E-state index contributed by atoms with van der Waals surface area (Å²) in [5.74, 6) is -0.737. The molecule has 0 atom stereocenters. The highest BCUT2D eigenvalue weighted by atomic mass is 16.3. The van der Waals surface area contributed by atoms with E-state index >= 15 is 0 Å². The van der Waals surface area contributed by atoms with Crippen LogP contribution in [0.1, 0.15) is 45.7 Å². The molecule has 4 rings (SSSR count). The van der Waals surface area contributed by atoms with Crippen LogP contribution in [0.25, 0.3) is 10.8 Å². The van der Waals surface area contributed by atoms with Gasteiger partial charge in [-0.2, -0.15) is 0 Å². The van der Waals surface area contributed by atoms with Crippen LogP contribution in [0, 0.1) is 0 Å². The van der Waals surface area contributed by atoms with Gasteiger partial charge in [-0.25, -0.2) is 0 Å². The minimum Gasteiger partial charge on any atom is -0.507 e. The van der Waals surface area contributed by atoms with Crippen molar-refractivity contribution in [2.75, 3.05) is 10.6 Å².